The summed E-state index contributed by atoms with van der Waals surface area (Å²) in [5.41, 5.74) is 0.951. The second kappa shape index (κ2) is 5.99. The topological polar surface area (TPSA) is 87.7 Å². The number of nitrogens with zero attached hydrogens (tertiary/aromatic N) is 2. The number of fused-ring (bicyclic) bond motifs is 2. The Morgan fingerprint density at radius 2 is 1.92 bits per heavy atom. The van der Waals surface area contributed by atoms with Crippen molar-refractivity contribution in [2.24, 2.45) is 0 Å². The Bertz CT molecular complexity index is 1190. The number of rotatable bonds is 2. The Kier molecular flexibility index (Phi) is 3.66. The van der Waals surface area contributed by atoms with Gasteiger partial charge in [-0.05, 0) is 29.7 Å². The number of H-pyrrole nitrogens is 1. The molecule has 2 heterocycles. The van der Waals surface area contributed by atoms with Crippen LogP contribution in [-0.2, 0) is 0 Å². The minimum atomic E-state index is -0.410. The molecule has 2 aromatic carbocycles. The summed E-state index contributed by atoms with van der Waals surface area (Å²) < 4.78 is 0. The molecule has 1 amide bonds. The Balaban J connectivity index is 1.70. The van der Waals surface area contributed by atoms with E-state index in [1.807, 2.05) is 24.3 Å². The third-order valence-corrected chi connectivity index (χ3v) is 4.11. The minimum absolute atomic E-state index is 0.198. The van der Waals surface area contributed by atoms with Gasteiger partial charge in [0, 0.05) is 11.1 Å². The first kappa shape index (κ1) is 15.3. The molecule has 6 nitrogen and oxygen atoms in total. The van der Waals surface area contributed by atoms with Gasteiger partial charge in [-0.25, -0.2) is 9.97 Å². The zero-order valence-electron chi connectivity index (χ0n) is 12.8. The summed E-state index contributed by atoms with van der Waals surface area (Å²) in [6.07, 6.45) is 1.34. The Hall–Kier alpha value is -3.25. The molecule has 2 N–H and O–H groups in total. The molecule has 0 saturated carbocycles. The number of halogens is 1. The summed E-state index contributed by atoms with van der Waals surface area (Å²) in [5, 5.41) is 5.00. The molecule has 0 aliphatic heterocycles. The molecule has 7 heteroatoms. The van der Waals surface area contributed by atoms with Crippen LogP contribution in [0, 0.1) is 0 Å². The normalized spacial score (nSPS) is 10.9. The van der Waals surface area contributed by atoms with Crippen molar-refractivity contribution < 1.29 is 4.79 Å². The molecule has 122 valence electrons. The summed E-state index contributed by atoms with van der Waals surface area (Å²) in [5.74, 6) is -0.410. The standard InChI is InChI=1S/C18H11ClN4O2/c19-16-12-4-2-1-3-10(12)7-15(23-16)18(25)22-11-5-6-14-13(8-11)17(24)21-9-20-14/h1-9H,(H,22,25)(H,20,21,24). The van der Waals surface area contributed by atoms with Crippen LogP contribution < -0.4 is 10.9 Å². The zero-order chi connectivity index (χ0) is 17.4. The van der Waals surface area contributed by atoms with E-state index in [4.69, 9.17) is 11.6 Å². The van der Waals surface area contributed by atoms with Gasteiger partial charge in [0.2, 0.25) is 0 Å². The van der Waals surface area contributed by atoms with Crippen LogP contribution in [0.4, 0.5) is 5.69 Å². The fourth-order valence-corrected chi connectivity index (χ4v) is 2.88. The lowest BCUT2D eigenvalue weighted by Gasteiger charge is -2.07. The monoisotopic (exact) mass is 350 g/mol. The lowest BCUT2D eigenvalue weighted by molar-refractivity contribution is 0.102. The number of nitrogens with one attached hydrogen (secondary N) is 2. The summed E-state index contributed by atoms with van der Waals surface area (Å²) in [4.78, 5) is 35.1. The van der Waals surface area contributed by atoms with Crippen LogP contribution in [-0.4, -0.2) is 20.9 Å². The highest BCUT2D eigenvalue weighted by molar-refractivity contribution is 6.34. The van der Waals surface area contributed by atoms with Gasteiger partial charge in [-0.15, -0.1) is 0 Å². The van der Waals surface area contributed by atoms with E-state index in [2.05, 4.69) is 20.3 Å². The maximum atomic E-state index is 12.5. The smallest absolute Gasteiger partial charge is 0.274 e. The molecule has 0 unspecified atom stereocenters. The van der Waals surface area contributed by atoms with Crippen molar-refractivity contribution in [2.75, 3.05) is 5.32 Å². The molecular weight excluding hydrogens is 340 g/mol. The molecular formula is C18H11ClN4O2. The van der Waals surface area contributed by atoms with E-state index in [0.717, 1.165) is 10.8 Å². The number of amides is 1. The van der Waals surface area contributed by atoms with Gasteiger partial charge in [0.1, 0.15) is 10.8 Å². The van der Waals surface area contributed by atoms with Crippen molar-refractivity contribution >= 4 is 44.9 Å². The quantitative estimate of drug-likeness (QED) is 0.542. The Labute approximate surface area is 146 Å². The predicted octanol–water partition coefficient (Wildman–Crippen LogP) is 3.38. The molecule has 4 rings (SSSR count). The first-order valence-electron chi connectivity index (χ1n) is 7.46. The number of benzene rings is 2. The van der Waals surface area contributed by atoms with Crippen LogP contribution in [0.15, 0.2) is 59.7 Å². The van der Waals surface area contributed by atoms with Crippen LogP contribution in [0.25, 0.3) is 21.7 Å². The van der Waals surface area contributed by atoms with Crippen LogP contribution in [0.2, 0.25) is 5.15 Å². The van der Waals surface area contributed by atoms with Crippen molar-refractivity contribution in [1.29, 1.82) is 0 Å². The van der Waals surface area contributed by atoms with Crippen molar-refractivity contribution in [2.45, 2.75) is 0 Å². The van der Waals surface area contributed by atoms with Crippen LogP contribution in [0.3, 0.4) is 0 Å². The molecule has 0 spiro atoms. The second-order valence-electron chi connectivity index (χ2n) is 5.44. The number of anilines is 1. The molecule has 0 atom stereocenters. The van der Waals surface area contributed by atoms with Gasteiger partial charge in [0.15, 0.2) is 0 Å². The van der Waals surface area contributed by atoms with Gasteiger partial charge in [-0.2, -0.15) is 0 Å². The van der Waals surface area contributed by atoms with Crippen LogP contribution in [0.5, 0.6) is 0 Å². The maximum absolute atomic E-state index is 12.5. The average molecular weight is 351 g/mol. The number of carbonyl (C=O) groups is 1. The zero-order valence-corrected chi connectivity index (χ0v) is 13.5. The Morgan fingerprint density at radius 1 is 1.08 bits per heavy atom. The first-order valence-corrected chi connectivity index (χ1v) is 7.84. The highest BCUT2D eigenvalue weighted by Gasteiger charge is 2.12. The van der Waals surface area contributed by atoms with Crippen molar-refractivity contribution in [1.82, 2.24) is 15.0 Å². The summed E-state index contributed by atoms with van der Waals surface area (Å²) >= 11 is 6.16. The third-order valence-electron chi connectivity index (χ3n) is 3.82. The van der Waals surface area contributed by atoms with Crippen LogP contribution >= 0.6 is 11.6 Å². The van der Waals surface area contributed by atoms with Gasteiger partial charge >= 0.3 is 0 Å². The molecule has 0 radical (unpaired) electrons. The molecule has 0 saturated heterocycles. The molecule has 2 aromatic heterocycles. The molecule has 0 bridgehead atoms. The molecule has 0 fully saturated rings. The van der Waals surface area contributed by atoms with Gasteiger partial charge < -0.3 is 10.3 Å². The van der Waals surface area contributed by atoms with E-state index in [-0.39, 0.29) is 16.4 Å². The highest BCUT2D eigenvalue weighted by Crippen LogP contribution is 2.23. The van der Waals surface area contributed by atoms with Gasteiger partial charge in [0.25, 0.3) is 11.5 Å². The summed E-state index contributed by atoms with van der Waals surface area (Å²) in [6, 6.07) is 14.0. The lowest BCUT2D eigenvalue weighted by atomic mass is 10.1. The molecule has 25 heavy (non-hydrogen) atoms. The van der Waals surface area contributed by atoms with E-state index >= 15 is 0 Å². The lowest BCUT2D eigenvalue weighted by Crippen LogP contribution is -2.14. The van der Waals surface area contributed by atoms with E-state index < -0.39 is 5.91 Å². The van der Waals surface area contributed by atoms with Crippen molar-refractivity contribution in [3.63, 3.8) is 0 Å². The SMILES string of the molecule is O=C(Nc1ccc2nc[nH]c(=O)c2c1)c1cc2ccccc2c(Cl)n1. The summed E-state index contributed by atoms with van der Waals surface area (Å²) in [6.45, 7) is 0. The van der Waals surface area contributed by atoms with Crippen molar-refractivity contribution in [3.05, 3.63) is 76.1 Å². The van der Waals surface area contributed by atoms with E-state index in [1.54, 1.807) is 24.3 Å². The minimum Gasteiger partial charge on any atom is -0.321 e. The molecule has 4 aromatic rings. The van der Waals surface area contributed by atoms with Crippen molar-refractivity contribution in [3.8, 4) is 0 Å². The van der Waals surface area contributed by atoms with E-state index in [1.165, 1.54) is 6.33 Å². The van der Waals surface area contributed by atoms with E-state index in [9.17, 15) is 9.59 Å². The fraction of sp³-hybridized carbons (Fsp3) is 0. The maximum Gasteiger partial charge on any atom is 0.274 e. The third kappa shape index (κ3) is 2.83. The number of carbonyl (C=O) groups excluding carboxylic acids is 1. The number of hydrogen-bond acceptors (Lipinski definition) is 4. The largest absolute Gasteiger partial charge is 0.321 e. The van der Waals surface area contributed by atoms with Crippen LogP contribution in [0.1, 0.15) is 10.5 Å². The number of hydrogen-bond donors (Lipinski definition) is 2. The summed E-state index contributed by atoms with van der Waals surface area (Å²) in [7, 11) is 0. The number of aromatic nitrogens is 3. The first-order chi connectivity index (χ1) is 12.1. The number of pyridine rings is 1. The van der Waals surface area contributed by atoms with Gasteiger partial charge in [-0.3, -0.25) is 9.59 Å². The molecule has 0 aliphatic carbocycles. The second-order valence-corrected chi connectivity index (χ2v) is 5.80. The fourth-order valence-electron chi connectivity index (χ4n) is 2.61. The van der Waals surface area contributed by atoms with Gasteiger partial charge in [0.05, 0.1) is 17.2 Å². The average Bonchev–Trinajstić information content (AvgIpc) is 2.62. The van der Waals surface area contributed by atoms with E-state index in [0.29, 0.717) is 16.6 Å². The Morgan fingerprint density at radius 3 is 2.80 bits per heavy atom. The highest BCUT2D eigenvalue weighted by atomic mass is 35.5. The number of aromatic amines is 1. The predicted molar refractivity (Wildman–Crippen MR) is 97.1 cm³/mol. The molecule has 0 aliphatic rings. The van der Waals surface area contributed by atoms with Gasteiger partial charge in [-0.1, -0.05) is 35.9 Å².